The van der Waals surface area contributed by atoms with Crippen LogP contribution in [0, 0.1) is 13.8 Å². The third kappa shape index (κ3) is 2.44. The van der Waals surface area contributed by atoms with Gasteiger partial charge >= 0.3 is 0 Å². The first-order chi connectivity index (χ1) is 9.65. The van der Waals surface area contributed by atoms with Gasteiger partial charge in [0.25, 0.3) is 0 Å². The van der Waals surface area contributed by atoms with Crippen molar-refractivity contribution in [1.29, 1.82) is 0 Å². The monoisotopic (exact) mass is 273 g/mol. The van der Waals surface area contributed by atoms with Crippen LogP contribution in [-0.2, 0) is 13.6 Å². The van der Waals surface area contributed by atoms with Gasteiger partial charge in [0, 0.05) is 25.4 Å². The van der Waals surface area contributed by atoms with Gasteiger partial charge in [0.1, 0.15) is 0 Å². The summed E-state index contributed by atoms with van der Waals surface area (Å²) in [5.74, 6) is 0. The van der Waals surface area contributed by atoms with E-state index in [0.717, 1.165) is 23.6 Å². The maximum absolute atomic E-state index is 4.69. The largest absolute Gasteiger partial charge is 0.378 e. The molecule has 0 spiro atoms. The first-order valence-corrected chi connectivity index (χ1v) is 7.42. The molecule has 1 fully saturated rings. The molecular formula is C15H23N5. The van der Waals surface area contributed by atoms with Crippen LogP contribution in [0.5, 0.6) is 0 Å². The van der Waals surface area contributed by atoms with Gasteiger partial charge in [-0.1, -0.05) is 12.8 Å². The summed E-state index contributed by atoms with van der Waals surface area (Å²) in [5, 5.41) is 12.4. The third-order valence-electron chi connectivity index (χ3n) is 4.42. The van der Waals surface area contributed by atoms with Crippen molar-refractivity contribution in [3.63, 3.8) is 0 Å². The lowest BCUT2D eigenvalue weighted by Crippen LogP contribution is -2.05. The minimum Gasteiger partial charge on any atom is -0.378 e. The SMILES string of the molecule is Cc1nn(C2CCCC2)cc1CNc1cnn(C)c1C. The van der Waals surface area contributed by atoms with Gasteiger partial charge in [0.2, 0.25) is 0 Å². The molecule has 0 amide bonds. The second-order valence-electron chi connectivity index (χ2n) is 5.78. The van der Waals surface area contributed by atoms with Gasteiger partial charge in [-0.15, -0.1) is 0 Å². The summed E-state index contributed by atoms with van der Waals surface area (Å²) in [6.07, 6.45) is 9.32. The van der Waals surface area contributed by atoms with Crippen molar-refractivity contribution < 1.29 is 0 Å². The molecule has 3 rings (SSSR count). The van der Waals surface area contributed by atoms with Crippen LogP contribution in [0.1, 0.15) is 48.7 Å². The van der Waals surface area contributed by atoms with Gasteiger partial charge in [-0.2, -0.15) is 10.2 Å². The Labute approximate surface area is 120 Å². The summed E-state index contributed by atoms with van der Waals surface area (Å²) >= 11 is 0. The minimum absolute atomic E-state index is 0.613. The Morgan fingerprint density at radius 1 is 1.30 bits per heavy atom. The second-order valence-corrected chi connectivity index (χ2v) is 5.78. The van der Waals surface area contributed by atoms with Crippen LogP contribution in [0.25, 0.3) is 0 Å². The highest BCUT2D eigenvalue weighted by molar-refractivity contribution is 5.46. The maximum Gasteiger partial charge on any atom is 0.0758 e. The van der Waals surface area contributed by atoms with Gasteiger partial charge in [0.15, 0.2) is 0 Å². The van der Waals surface area contributed by atoms with E-state index in [4.69, 9.17) is 0 Å². The second kappa shape index (κ2) is 5.31. The first-order valence-electron chi connectivity index (χ1n) is 7.42. The molecule has 5 nitrogen and oxygen atoms in total. The molecule has 0 aromatic carbocycles. The molecule has 0 atom stereocenters. The molecule has 1 N–H and O–H groups in total. The van der Waals surface area contributed by atoms with E-state index >= 15 is 0 Å². The topological polar surface area (TPSA) is 47.7 Å². The summed E-state index contributed by atoms with van der Waals surface area (Å²) in [6, 6.07) is 0.613. The number of aryl methyl sites for hydroxylation is 2. The van der Waals surface area contributed by atoms with E-state index in [1.54, 1.807) is 0 Å². The first kappa shape index (κ1) is 13.2. The summed E-state index contributed by atoms with van der Waals surface area (Å²) in [5.41, 5.74) is 4.66. The minimum atomic E-state index is 0.613. The lowest BCUT2D eigenvalue weighted by Gasteiger charge is -2.08. The smallest absolute Gasteiger partial charge is 0.0758 e. The number of rotatable bonds is 4. The van der Waals surface area contributed by atoms with Gasteiger partial charge in [-0.25, -0.2) is 0 Å². The van der Waals surface area contributed by atoms with Crippen LogP contribution in [0.4, 0.5) is 5.69 Å². The molecule has 2 aromatic heterocycles. The molecule has 0 unspecified atom stereocenters. The van der Waals surface area contributed by atoms with Crippen molar-refractivity contribution in [2.75, 3.05) is 5.32 Å². The molecule has 0 aliphatic heterocycles. The number of hydrogen-bond acceptors (Lipinski definition) is 3. The quantitative estimate of drug-likeness (QED) is 0.931. The number of nitrogens with one attached hydrogen (secondary N) is 1. The molecule has 1 saturated carbocycles. The van der Waals surface area contributed by atoms with Crippen molar-refractivity contribution >= 4 is 5.69 Å². The Morgan fingerprint density at radius 2 is 2.05 bits per heavy atom. The van der Waals surface area contributed by atoms with Crippen LogP contribution in [0.3, 0.4) is 0 Å². The highest BCUT2D eigenvalue weighted by Crippen LogP contribution is 2.29. The zero-order chi connectivity index (χ0) is 14.1. The molecule has 0 radical (unpaired) electrons. The zero-order valence-corrected chi connectivity index (χ0v) is 12.6. The molecule has 20 heavy (non-hydrogen) atoms. The number of anilines is 1. The molecule has 0 bridgehead atoms. The van der Waals surface area contributed by atoms with Gasteiger partial charge in [-0.05, 0) is 26.7 Å². The van der Waals surface area contributed by atoms with Crippen LogP contribution in [-0.4, -0.2) is 19.6 Å². The average Bonchev–Trinajstić information content (AvgIpc) is 3.12. The number of hydrogen-bond donors (Lipinski definition) is 1. The molecule has 1 aliphatic rings. The zero-order valence-electron chi connectivity index (χ0n) is 12.6. The van der Waals surface area contributed by atoms with Crippen molar-refractivity contribution in [2.24, 2.45) is 7.05 Å². The van der Waals surface area contributed by atoms with E-state index < -0.39 is 0 Å². The Kier molecular flexibility index (Phi) is 3.51. The molecule has 2 heterocycles. The predicted molar refractivity (Wildman–Crippen MR) is 79.7 cm³/mol. The van der Waals surface area contributed by atoms with Gasteiger partial charge < -0.3 is 5.32 Å². The van der Waals surface area contributed by atoms with Crippen LogP contribution in [0.15, 0.2) is 12.4 Å². The van der Waals surface area contributed by atoms with E-state index in [2.05, 4.69) is 40.2 Å². The normalized spacial score (nSPS) is 15.9. The van der Waals surface area contributed by atoms with Crippen molar-refractivity contribution in [3.8, 4) is 0 Å². The fourth-order valence-corrected chi connectivity index (χ4v) is 2.91. The average molecular weight is 273 g/mol. The molecule has 0 saturated heterocycles. The Bertz CT molecular complexity index is 589. The van der Waals surface area contributed by atoms with Crippen molar-refractivity contribution in [3.05, 3.63) is 29.3 Å². The van der Waals surface area contributed by atoms with E-state index in [-0.39, 0.29) is 0 Å². The predicted octanol–water partition coefficient (Wildman–Crippen LogP) is 2.96. The van der Waals surface area contributed by atoms with E-state index in [0.29, 0.717) is 6.04 Å². The molecule has 5 heteroatoms. The van der Waals surface area contributed by atoms with E-state index in [1.807, 2.05) is 17.9 Å². The summed E-state index contributed by atoms with van der Waals surface area (Å²) < 4.78 is 4.06. The fraction of sp³-hybridized carbons (Fsp3) is 0.600. The summed E-state index contributed by atoms with van der Waals surface area (Å²) in [7, 11) is 1.96. The van der Waals surface area contributed by atoms with Crippen molar-refractivity contribution in [2.45, 2.75) is 52.1 Å². The molecule has 2 aromatic rings. The Hall–Kier alpha value is -1.78. The van der Waals surface area contributed by atoms with Crippen LogP contribution >= 0.6 is 0 Å². The van der Waals surface area contributed by atoms with Gasteiger partial charge in [-0.3, -0.25) is 9.36 Å². The van der Waals surface area contributed by atoms with E-state index in [1.165, 1.54) is 31.2 Å². The highest BCUT2D eigenvalue weighted by Gasteiger charge is 2.18. The maximum atomic E-state index is 4.69. The van der Waals surface area contributed by atoms with Crippen LogP contribution < -0.4 is 5.32 Å². The standard InChI is InChI=1S/C15H23N5/c1-11-13(8-16-15-9-17-19(3)12(15)2)10-20(18-11)14-6-4-5-7-14/h9-10,14,16H,4-8H2,1-3H3. The Balaban J connectivity index is 1.69. The molecule has 1 aliphatic carbocycles. The van der Waals surface area contributed by atoms with E-state index in [9.17, 15) is 0 Å². The van der Waals surface area contributed by atoms with Crippen LogP contribution in [0.2, 0.25) is 0 Å². The van der Waals surface area contributed by atoms with Gasteiger partial charge in [0.05, 0.1) is 29.3 Å². The summed E-state index contributed by atoms with van der Waals surface area (Å²) in [4.78, 5) is 0. The number of aromatic nitrogens is 4. The lowest BCUT2D eigenvalue weighted by molar-refractivity contribution is 0.464. The highest BCUT2D eigenvalue weighted by atomic mass is 15.3. The lowest BCUT2D eigenvalue weighted by atomic mass is 10.2. The summed E-state index contributed by atoms with van der Waals surface area (Å²) in [6.45, 7) is 4.98. The van der Waals surface area contributed by atoms with Crippen molar-refractivity contribution in [1.82, 2.24) is 19.6 Å². The fourth-order valence-electron chi connectivity index (χ4n) is 2.91. The third-order valence-corrected chi connectivity index (χ3v) is 4.42. The molecule has 108 valence electrons. The Morgan fingerprint density at radius 3 is 2.70 bits per heavy atom. The molecular weight excluding hydrogens is 250 g/mol. The number of nitrogens with zero attached hydrogens (tertiary/aromatic N) is 4.